The van der Waals surface area contributed by atoms with E-state index in [0.29, 0.717) is 5.75 Å². The molecule has 2 aromatic heterocycles. The molecule has 7 heteroatoms. The Kier molecular flexibility index (Phi) is 6.32. The van der Waals surface area contributed by atoms with E-state index >= 15 is 0 Å². The number of hydrogen-bond donors (Lipinski definition) is 1. The van der Waals surface area contributed by atoms with Gasteiger partial charge in [0, 0.05) is 22.7 Å². The summed E-state index contributed by atoms with van der Waals surface area (Å²) in [6, 6.07) is 1.91. The number of thioether (sulfide) groups is 2. The molecule has 0 fully saturated rings. The van der Waals surface area contributed by atoms with Gasteiger partial charge in [0.1, 0.15) is 0 Å². The number of ketones is 1. The van der Waals surface area contributed by atoms with Gasteiger partial charge in [-0.1, -0.05) is 48.2 Å². The molecule has 1 N–H and O–H groups in total. The Hall–Kier alpha value is -0.790. The smallest absolute Gasteiger partial charge is 0.175 e. The topological polar surface area (TPSA) is 58.6 Å². The number of Topliss-reactive ketones (excluding diaryl/α,β-unsaturated/α-hetero) is 1. The third kappa shape index (κ3) is 4.86. The van der Waals surface area contributed by atoms with Crippen molar-refractivity contribution in [2.24, 2.45) is 0 Å². The minimum absolute atomic E-state index is 0.136. The average molecular weight is 342 g/mol. The predicted molar refractivity (Wildman–Crippen MR) is 90.9 cm³/mol. The van der Waals surface area contributed by atoms with E-state index in [4.69, 9.17) is 0 Å². The van der Waals surface area contributed by atoms with Crippen LogP contribution in [0.3, 0.4) is 0 Å². The maximum atomic E-state index is 12.2. The number of aryl methyl sites for hydroxylation is 2. The predicted octanol–water partition coefficient (Wildman–Crippen LogP) is 4.35. The van der Waals surface area contributed by atoms with E-state index in [1.165, 1.54) is 24.6 Å². The first-order valence-electron chi connectivity index (χ1n) is 6.88. The molecule has 0 saturated heterocycles. The number of carbonyl (C=O) groups excluding carboxylic acids is 1. The van der Waals surface area contributed by atoms with Crippen LogP contribution in [0.25, 0.3) is 0 Å². The first-order valence-corrected chi connectivity index (χ1v) is 9.67. The number of aromatic nitrogens is 3. The van der Waals surface area contributed by atoms with Crippen LogP contribution in [0.1, 0.15) is 41.5 Å². The molecular formula is C14H19N3OS3. The fourth-order valence-electron chi connectivity index (χ4n) is 1.84. The molecule has 0 spiro atoms. The molecule has 114 valence electrons. The molecule has 0 saturated carbocycles. The van der Waals surface area contributed by atoms with Gasteiger partial charge in [-0.2, -0.15) is 0 Å². The van der Waals surface area contributed by atoms with Crippen molar-refractivity contribution in [3.63, 3.8) is 0 Å². The van der Waals surface area contributed by atoms with Crippen LogP contribution in [0, 0.1) is 13.8 Å². The summed E-state index contributed by atoms with van der Waals surface area (Å²) in [7, 11) is 0. The van der Waals surface area contributed by atoms with Crippen LogP contribution in [0.5, 0.6) is 0 Å². The van der Waals surface area contributed by atoms with E-state index in [2.05, 4.69) is 22.1 Å². The van der Waals surface area contributed by atoms with Crippen molar-refractivity contribution < 1.29 is 4.79 Å². The Morgan fingerprint density at radius 1 is 1.29 bits per heavy atom. The molecule has 4 nitrogen and oxygen atoms in total. The molecule has 0 unspecified atom stereocenters. The second-order valence-electron chi connectivity index (χ2n) is 4.74. The van der Waals surface area contributed by atoms with Crippen molar-refractivity contribution in [2.75, 3.05) is 11.5 Å². The standard InChI is InChI=1S/C14H19N3OS3/c1-4-5-6-19-13-16-17-14(21-13)20-8-12(18)11-7-9(2)15-10(11)3/h7,15H,4-6,8H2,1-3H3. The first kappa shape index (κ1) is 16.6. The van der Waals surface area contributed by atoms with E-state index in [0.717, 1.165) is 31.4 Å². The minimum Gasteiger partial charge on any atom is -0.362 e. The van der Waals surface area contributed by atoms with Crippen molar-refractivity contribution in [3.05, 3.63) is 23.0 Å². The van der Waals surface area contributed by atoms with Crippen LogP contribution in [-0.4, -0.2) is 32.5 Å². The fraction of sp³-hybridized carbons (Fsp3) is 0.500. The SMILES string of the molecule is CCCCSc1nnc(SCC(=O)c2cc(C)[nH]c2C)s1. The van der Waals surface area contributed by atoms with Crippen LogP contribution in [0.4, 0.5) is 0 Å². The van der Waals surface area contributed by atoms with Crippen molar-refractivity contribution in [1.82, 2.24) is 15.2 Å². The third-order valence-electron chi connectivity index (χ3n) is 2.89. The summed E-state index contributed by atoms with van der Waals surface area (Å²) in [4.78, 5) is 15.3. The number of carbonyl (C=O) groups is 1. The van der Waals surface area contributed by atoms with Gasteiger partial charge < -0.3 is 4.98 Å². The number of unbranched alkanes of at least 4 members (excludes halogenated alkanes) is 1. The van der Waals surface area contributed by atoms with E-state index in [1.807, 2.05) is 19.9 Å². The summed E-state index contributed by atoms with van der Waals surface area (Å²) in [6.07, 6.45) is 2.38. The molecule has 2 rings (SSSR count). The Morgan fingerprint density at radius 2 is 2.00 bits per heavy atom. The van der Waals surface area contributed by atoms with Gasteiger partial charge in [0.25, 0.3) is 0 Å². The van der Waals surface area contributed by atoms with Gasteiger partial charge in [0.2, 0.25) is 0 Å². The molecule has 2 heterocycles. The summed E-state index contributed by atoms with van der Waals surface area (Å²) in [6.45, 7) is 6.07. The zero-order valence-corrected chi connectivity index (χ0v) is 14.9. The molecule has 0 radical (unpaired) electrons. The normalized spacial score (nSPS) is 11.0. The van der Waals surface area contributed by atoms with E-state index in [9.17, 15) is 4.79 Å². The Labute approximate surface area is 137 Å². The summed E-state index contributed by atoms with van der Waals surface area (Å²) < 4.78 is 1.86. The number of nitrogens with zero attached hydrogens (tertiary/aromatic N) is 2. The minimum atomic E-state index is 0.136. The highest BCUT2D eigenvalue weighted by Gasteiger charge is 2.13. The lowest BCUT2D eigenvalue weighted by molar-refractivity contribution is 0.102. The Morgan fingerprint density at radius 3 is 2.62 bits per heavy atom. The molecule has 0 amide bonds. The molecule has 0 aliphatic carbocycles. The average Bonchev–Trinajstić information content (AvgIpc) is 3.03. The number of H-pyrrole nitrogens is 1. The molecule has 21 heavy (non-hydrogen) atoms. The third-order valence-corrected chi connectivity index (χ3v) is 6.16. The van der Waals surface area contributed by atoms with Crippen LogP contribution >= 0.6 is 34.9 Å². The monoisotopic (exact) mass is 341 g/mol. The summed E-state index contributed by atoms with van der Waals surface area (Å²) >= 11 is 4.79. The molecule has 0 atom stereocenters. The Bertz CT molecular complexity index is 606. The largest absolute Gasteiger partial charge is 0.362 e. The lowest BCUT2D eigenvalue weighted by Gasteiger charge is -1.97. The van der Waals surface area contributed by atoms with Crippen molar-refractivity contribution in [2.45, 2.75) is 42.3 Å². The number of rotatable bonds is 8. The summed E-state index contributed by atoms with van der Waals surface area (Å²) in [5, 5.41) is 8.29. The van der Waals surface area contributed by atoms with Gasteiger partial charge in [-0.3, -0.25) is 4.79 Å². The van der Waals surface area contributed by atoms with Crippen molar-refractivity contribution >= 4 is 40.6 Å². The Balaban J connectivity index is 1.85. The zero-order chi connectivity index (χ0) is 15.2. The molecule has 0 aliphatic heterocycles. The van der Waals surface area contributed by atoms with Crippen LogP contribution in [0.2, 0.25) is 0 Å². The van der Waals surface area contributed by atoms with Crippen LogP contribution in [0.15, 0.2) is 14.7 Å². The second-order valence-corrected chi connectivity index (χ2v) is 8.28. The first-order chi connectivity index (χ1) is 10.1. The summed E-state index contributed by atoms with van der Waals surface area (Å²) in [5.41, 5.74) is 2.74. The van der Waals surface area contributed by atoms with E-state index in [1.54, 1.807) is 23.1 Å². The highest BCUT2D eigenvalue weighted by Crippen LogP contribution is 2.29. The zero-order valence-electron chi connectivity index (χ0n) is 12.4. The molecule has 0 aliphatic rings. The van der Waals surface area contributed by atoms with Crippen molar-refractivity contribution in [3.8, 4) is 0 Å². The molecule has 0 bridgehead atoms. The van der Waals surface area contributed by atoms with Gasteiger partial charge in [-0.15, -0.1) is 10.2 Å². The number of nitrogens with one attached hydrogen (secondary N) is 1. The molecule has 0 aromatic carbocycles. The lowest BCUT2D eigenvalue weighted by atomic mass is 10.2. The fourth-order valence-corrected chi connectivity index (χ4v) is 4.89. The summed E-state index contributed by atoms with van der Waals surface area (Å²) in [5.74, 6) is 1.63. The molecule has 2 aromatic rings. The van der Waals surface area contributed by atoms with Crippen LogP contribution in [-0.2, 0) is 0 Å². The number of hydrogen-bond acceptors (Lipinski definition) is 6. The van der Waals surface area contributed by atoms with Gasteiger partial charge in [0.15, 0.2) is 14.5 Å². The van der Waals surface area contributed by atoms with E-state index in [-0.39, 0.29) is 5.78 Å². The van der Waals surface area contributed by atoms with Crippen LogP contribution < -0.4 is 0 Å². The second kappa shape index (κ2) is 8.00. The van der Waals surface area contributed by atoms with Gasteiger partial charge in [-0.25, -0.2) is 0 Å². The highest BCUT2D eigenvalue weighted by molar-refractivity contribution is 8.03. The number of aromatic amines is 1. The van der Waals surface area contributed by atoms with E-state index < -0.39 is 0 Å². The maximum Gasteiger partial charge on any atom is 0.175 e. The van der Waals surface area contributed by atoms with Crippen molar-refractivity contribution in [1.29, 1.82) is 0 Å². The maximum absolute atomic E-state index is 12.2. The van der Waals surface area contributed by atoms with Gasteiger partial charge >= 0.3 is 0 Å². The molecular weight excluding hydrogens is 322 g/mol. The highest BCUT2D eigenvalue weighted by atomic mass is 32.2. The van der Waals surface area contributed by atoms with Gasteiger partial charge in [0.05, 0.1) is 5.75 Å². The van der Waals surface area contributed by atoms with Gasteiger partial charge in [-0.05, 0) is 26.3 Å². The lowest BCUT2D eigenvalue weighted by Crippen LogP contribution is -2.02. The quantitative estimate of drug-likeness (QED) is 0.439.